The van der Waals surface area contributed by atoms with E-state index in [4.69, 9.17) is 5.26 Å². The Morgan fingerprint density at radius 2 is 1.96 bits per heavy atom. The van der Waals surface area contributed by atoms with Crippen molar-refractivity contribution in [3.05, 3.63) is 53.5 Å². The summed E-state index contributed by atoms with van der Waals surface area (Å²) in [5.41, 5.74) is 3.01. The highest BCUT2D eigenvalue weighted by Gasteiger charge is 2.24. The Bertz CT molecular complexity index is 1030. The van der Waals surface area contributed by atoms with Gasteiger partial charge in [-0.15, -0.1) is 0 Å². The van der Waals surface area contributed by atoms with Gasteiger partial charge in [-0.1, -0.05) is 11.6 Å². The SMILES string of the molecule is Cc1ccc2snc(C(=O)NC3CCC(Nc4ccc(C#N)nc4)CC3)c2c1. The number of nitriles is 1. The first-order valence-electron chi connectivity index (χ1n) is 9.42. The van der Waals surface area contributed by atoms with Crippen LogP contribution in [0.3, 0.4) is 0 Å². The lowest BCUT2D eigenvalue weighted by Crippen LogP contribution is -2.40. The number of benzene rings is 1. The first-order chi connectivity index (χ1) is 13.6. The van der Waals surface area contributed by atoms with E-state index >= 15 is 0 Å². The summed E-state index contributed by atoms with van der Waals surface area (Å²) < 4.78 is 5.42. The maximum absolute atomic E-state index is 12.7. The van der Waals surface area contributed by atoms with Gasteiger partial charge in [-0.2, -0.15) is 9.64 Å². The Balaban J connectivity index is 1.33. The molecule has 0 saturated heterocycles. The standard InChI is InChI=1S/C21H21N5OS/c1-13-2-9-19-18(10-13)20(26-28-19)21(27)25-15-5-3-14(4-6-15)24-17-8-7-16(11-22)23-12-17/h2,7-10,12,14-15,24H,3-6H2,1H3,(H,25,27). The van der Waals surface area contributed by atoms with Gasteiger partial charge >= 0.3 is 0 Å². The summed E-state index contributed by atoms with van der Waals surface area (Å²) in [6.07, 6.45) is 5.49. The molecule has 0 bridgehead atoms. The molecule has 0 atom stereocenters. The summed E-state index contributed by atoms with van der Waals surface area (Å²) >= 11 is 1.37. The summed E-state index contributed by atoms with van der Waals surface area (Å²) in [7, 11) is 0. The lowest BCUT2D eigenvalue weighted by atomic mass is 9.91. The number of nitrogens with zero attached hydrogens (tertiary/aromatic N) is 3. The molecule has 0 aliphatic heterocycles. The molecule has 1 aromatic carbocycles. The molecule has 4 rings (SSSR count). The molecule has 0 radical (unpaired) electrons. The zero-order valence-electron chi connectivity index (χ0n) is 15.6. The average Bonchev–Trinajstić information content (AvgIpc) is 3.13. The van der Waals surface area contributed by atoms with Crippen LogP contribution < -0.4 is 10.6 Å². The van der Waals surface area contributed by atoms with Crippen LogP contribution in [0.5, 0.6) is 0 Å². The van der Waals surface area contributed by atoms with Gasteiger partial charge in [0, 0.05) is 17.5 Å². The second-order valence-corrected chi connectivity index (χ2v) is 8.05. The number of anilines is 1. The van der Waals surface area contributed by atoms with Crippen molar-refractivity contribution in [1.29, 1.82) is 5.26 Å². The number of amides is 1. The van der Waals surface area contributed by atoms with Crippen LogP contribution >= 0.6 is 11.5 Å². The molecule has 2 heterocycles. The predicted molar refractivity (Wildman–Crippen MR) is 110 cm³/mol. The smallest absolute Gasteiger partial charge is 0.271 e. The Morgan fingerprint density at radius 1 is 1.18 bits per heavy atom. The summed E-state index contributed by atoms with van der Waals surface area (Å²) in [6, 6.07) is 12.2. The second-order valence-electron chi connectivity index (χ2n) is 7.24. The van der Waals surface area contributed by atoms with Gasteiger partial charge in [-0.25, -0.2) is 4.98 Å². The molecule has 2 aromatic heterocycles. The first kappa shape index (κ1) is 18.4. The van der Waals surface area contributed by atoms with E-state index in [1.165, 1.54) is 11.5 Å². The molecule has 1 fully saturated rings. The lowest BCUT2D eigenvalue weighted by molar-refractivity contribution is 0.0924. The van der Waals surface area contributed by atoms with Crippen molar-refractivity contribution in [2.24, 2.45) is 0 Å². The minimum Gasteiger partial charge on any atom is -0.381 e. The number of hydrogen-bond acceptors (Lipinski definition) is 6. The van der Waals surface area contributed by atoms with E-state index in [-0.39, 0.29) is 11.9 Å². The number of fused-ring (bicyclic) bond motifs is 1. The minimum atomic E-state index is -0.0791. The molecule has 6 nitrogen and oxygen atoms in total. The van der Waals surface area contributed by atoms with E-state index in [2.05, 4.69) is 20.0 Å². The largest absolute Gasteiger partial charge is 0.381 e. The molecule has 3 aromatic rings. The molecule has 28 heavy (non-hydrogen) atoms. The van der Waals surface area contributed by atoms with Gasteiger partial charge in [-0.05, 0) is 68.4 Å². The number of hydrogen-bond donors (Lipinski definition) is 2. The Hall–Kier alpha value is -2.98. The highest BCUT2D eigenvalue weighted by molar-refractivity contribution is 7.13. The highest BCUT2D eigenvalue weighted by atomic mass is 32.1. The maximum Gasteiger partial charge on any atom is 0.271 e. The molecule has 142 valence electrons. The minimum absolute atomic E-state index is 0.0791. The van der Waals surface area contributed by atoms with Crippen molar-refractivity contribution in [1.82, 2.24) is 14.7 Å². The van der Waals surface area contributed by atoms with Gasteiger partial charge in [0.05, 0.1) is 16.6 Å². The molecule has 1 aliphatic carbocycles. The van der Waals surface area contributed by atoms with Crippen molar-refractivity contribution >= 4 is 33.2 Å². The van der Waals surface area contributed by atoms with Crippen LogP contribution in [0.1, 0.15) is 47.4 Å². The van der Waals surface area contributed by atoms with E-state index in [0.717, 1.165) is 47.0 Å². The third-order valence-corrected chi connectivity index (χ3v) is 5.98. The fraction of sp³-hybridized carbons (Fsp3) is 0.333. The van der Waals surface area contributed by atoms with Gasteiger partial charge in [0.15, 0.2) is 0 Å². The van der Waals surface area contributed by atoms with Crippen LogP contribution in [0.2, 0.25) is 0 Å². The molecular formula is C21H21N5OS. The van der Waals surface area contributed by atoms with Gasteiger partial charge < -0.3 is 10.6 Å². The van der Waals surface area contributed by atoms with Gasteiger partial charge in [0.25, 0.3) is 5.91 Å². The summed E-state index contributed by atoms with van der Waals surface area (Å²) in [5, 5.41) is 16.4. The van der Waals surface area contributed by atoms with Crippen LogP contribution in [0.25, 0.3) is 10.1 Å². The number of pyridine rings is 1. The Morgan fingerprint density at radius 3 is 2.68 bits per heavy atom. The highest BCUT2D eigenvalue weighted by Crippen LogP contribution is 2.26. The number of nitrogens with one attached hydrogen (secondary N) is 2. The second kappa shape index (κ2) is 7.95. The quantitative estimate of drug-likeness (QED) is 0.701. The van der Waals surface area contributed by atoms with E-state index < -0.39 is 0 Å². The summed E-state index contributed by atoms with van der Waals surface area (Å²) in [6.45, 7) is 2.02. The van der Waals surface area contributed by atoms with Crippen molar-refractivity contribution in [3.8, 4) is 6.07 Å². The maximum atomic E-state index is 12.7. The van der Waals surface area contributed by atoms with Crippen molar-refractivity contribution in [2.45, 2.75) is 44.7 Å². The molecule has 1 saturated carbocycles. The molecule has 0 spiro atoms. The molecule has 1 amide bonds. The van der Waals surface area contributed by atoms with E-state index in [1.807, 2.05) is 37.3 Å². The average molecular weight is 392 g/mol. The number of rotatable bonds is 4. The van der Waals surface area contributed by atoms with E-state index in [1.54, 1.807) is 12.3 Å². The normalized spacial score (nSPS) is 19.1. The molecule has 0 unspecified atom stereocenters. The first-order valence-corrected chi connectivity index (χ1v) is 10.2. The van der Waals surface area contributed by atoms with E-state index in [9.17, 15) is 4.79 Å². The van der Waals surface area contributed by atoms with Crippen LogP contribution in [0, 0.1) is 18.3 Å². The Kier molecular flexibility index (Phi) is 5.22. The lowest BCUT2D eigenvalue weighted by Gasteiger charge is -2.30. The number of aryl methyl sites for hydroxylation is 1. The third-order valence-electron chi connectivity index (χ3n) is 5.15. The number of carbonyl (C=O) groups excluding carboxylic acids is 1. The van der Waals surface area contributed by atoms with Crippen LogP contribution in [-0.2, 0) is 0 Å². The Labute approximate surface area is 167 Å². The van der Waals surface area contributed by atoms with Gasteiger partial charge in [0.2, 0.25) is 0 Å². The monoisotopic (exact) mass is 391 g/mol. The molecule has 7 heteroatoms. The van der Waals surface area contributed by atoms with Crippen LogP contribution in [-0.4, -0.2) is 27.3 Å². The van der Waals surface area contributed by atoms with Gasteiger partial charge in [-0.3, -0.25) is 4.79 Å². The van der Waals surface area contributed by atoms with Crippen LogP contribution in [0.4, 0.5) is 5.69 Å². The zero-order chi connectivity index (χ0) is 19.5. The molecule has 1 aliphatic rings. The molecular weight excluding hydrogens is 370 g/mol. The number of carbonyl (C=O) groups is 1. The van der Waals surface area contributed by atoms with Crippen molar-refractivity contribution in [3.63, 3.8) is 0 Å². The predicted octanol–water partition coefficient (Wildman–Crippen LogP) is 4.02. The molecule has 2 N–H and O–H groups in total. The fourth-order valence-electron chi connectivity index (χ4n) is 3.63. The van der Waals surface area contributed by atoms with Gasteiger partial charge in [0.1, 0.15) is 17.5 Å². The fourth-order valence-corrected chi connectivity index (χ4v) is 4.39. The van der Waals surface area contributed by atoms with Crippen molar-refractivity contribution < 1.29 is 4.79 Å². The number of aromatic nitrogens is 2. The summed E-state index contributed by atoms with van der Waals surface area (Å²) in [5.74, 6) is -0.0791. The van der Waals surface area contributed by atoms with Crippen molar-refractivity contribution in [2.75, 3.05) is 5.32 Å². The van der Waals surface area contributed by atoms with Crippen LogP contribution in [0.15, 0.2) is 36.5 Å². The van der Waals surface area contributed by atoms with E-state index in [0.29, 0.717) is 17.4 Å². The topological polar surface area (TPSA) is 90.7 Å². The third kappa shape index (κ3) is 3.97. The summed E-state index contributed by atoms with van der Waals surface area (Å²) in [4.78, 5) is 16.8. The zero-order valence-corrected chi connectivity index (χ0v) is 16.4.